The van der Waals surface area contributed by atoms with E-state index in [1.165, 1.54) is 6.92 Å². The molecule has 0 aromatic carbocycles. The quantitative estimate of drug-likeness (QED) is 0.312. The Balaban J connectivity index is 1.70. The molecule has 6 atom stereocenters. The van der Waals surface area contributed by atoms with Gasteiger partial charge in [-0.2, -0.15) is 0 Å². The van der Waals surface area contributed by atoms with E-state index in [4.69, 9.17) is 74.3 Å². The van der Waals surface area contributed by atoms with Crippen molar-refractivity contribution in [2.24, 2.45) is 23.2 Å². The summed E-state index contributed by atoms with van der Waals surface area (Å²) in [5, 5.41) is 0.182. The maximum absolute atomic E-state index is 13.2. The molecule has 5 nitrogen and oxygen atoms in total. The van der Waals surface area contributed by atoms with Gasteiger partial charge in [-0.3, -0.25) is 19.3 Å². The number of rotatable bonds is 3. The number of hydrogen-bond donors (Lipinski definition) is 0. The number of hydrogen-bond acceptors (Lipinski definition) is 4. The maximum Gasteiger partial charge on any atom is 0.302 e. The highest BCUT2D eigenvalue weighted by molar-refractivity contribution is 6.65. The topological polar surface area (TPSA) is 63.7 Å². The number of allylic oxidation sites excluding steroid dienone is 2. The van der Waals surface area contributed by atoms with Crippen LogP contribution < -0.4 is 0 Å². The second-order valence-corrected chi connectivity index (χ2v) is 11.7. The molecule has 1 aliphatic heterocycles. The minimum Gasteiger partial charge on any atom is -0.464 e. The Morgan fingerprint density at radius 2 is 1.66 bits per heavy atom. The van der Waals surface area contributed by atoms with Crippen LogP contribution in [-0.4, -0.2) is 49.9 Å². The summed E-state index contributed by atoms with van der Waals surface area (Å²) in [4.78, 5) is 35.5. The van der Waals surface area contributed by atoms with Crippen molar-refractivity contribution < 1.29 is 19.1 Å². The molecule has 11 heteroatoms. The lowest BCUT2D eigenvalue weighted by Crippen LogP contribution is -2.49. The number of alkyl halides is 4. The highest BCUT2D eigenvalue weighted by Crippen LogP contribution is 2.79. The lowest BCUT2D eigenvalue weighted by atomic mass is 9.58. The Morgan fingerprint density at radius 3 is 2.21 bits per heavy atom. The van der Waals surface area contributed by atoms with Crippen LogP contribution in [0.2, 0.25) is 0 Å². The first-order valence-electron chi connectivity index (χ1n) is 9.07. The fourth-order valence-electron chi connectivity index (χ4n) is 5.63. The van der Waals surface area contributed by atoms with Gasteiger partial charge in [-0.15, -0.1) is 23.2 Å². The SMILES string of the molecule is CC(=O)OCCN1C(=O)[C@@H]2C[C@H]3[C@@H](C[C@]2(C)C1=O)[C@]1(Cl)C(Cl)=C(Cl)[C@@]3(Cl)C1(Cl)Cl. The van der Waals surface area contributed by atoms with E-state index in [0.29, 0.717) is 0 Å². The average Bonchev–Trinajstić information content (AvgIpc) is 2.95. The van der Waals surface area contributed by atoms with E-state index in [1.807, 2.05) is 0 Å². The third-order valence-corrected chi connectivity index (χ3v) is 11.4. The Bertz CT molecular complexity index is 876. The summed E-state index contributed by atoms with van der Waals surface area (Å²) >= 11 is 39.9. The molecule has 0 aromatic heterocycles. The first-order valence-corrected chi connectivity index (χ1v) is 11.3. The maximum atomic E-state index is 13.2. The molecular weight excluding hydrogens is 507 g/mol. The molecule has 2 bridgehead atoms. The summed E-state index contributed by atoms with van der Waals surface area (Å²) < 4.78 is 3.20. The van der Waals surface area contributed by atoms with Crippen molar-refractivity contribution >= 4 is 87.4 Å². The second kappa shape index (κ2) is 6.55. The molecule has 29 heavy (non-hydrogen) atoms. The van der Waals surface area contributed by atoms with Crippen LogP contribution in [0.3, 0.4) is 0 Å². The molecule has 3 fully saturated rings. The zero-order chi connectivity index (χ0) is 21.7. The van der Waals surface area contributed by atoms with Crippen molar-refractivity contribution in [1.29, 1.82) is 0 Å². The summed E-state index contributed by atoms with van der Waals surface area (Å²) in [5.41, 5.74) is -1.01. The minimum absolute atomic E-state index is 0.00851. The van der Waals surface area contributed by atoms with Gasteiger partial charge in [-0.1, -0.05) is 46.4 Å². The Hall–Kier alpha value is 0.0900. The van der Waals surface area contributed by atoms with Gasteiger partial charge in [0.2, 0.25) is 11.8 Å². The van der Waals surface area contributed by atoms with Crippen LogP contribution in [0.25, 0.3) is 0 Å². The highest BCUT2D eigenvalue weighted by Gasteiger charge is 2.84. The second-order valence-electron chi connectivity index (χ2n) is 8.38. The Morgan fingerprint density at radius 1 is 1.10 bits per heavy atom. The van der Waals surface area contributed by atoms with Gasteiger partial charge in [0.1, 0.15) is 16.4 Å². The molecule has 0 radical (unpaired) electrons. The van der Waals surface area contributed by atoms with Crippen molar-refractivity contribution in [2.75, 3.05) is 13.2 Å². The van der Waals surface area contributed by atoms with Crippen molar-refractivity contribution in [3.05, 3.63) is 10.1 Å². The summed E-state index contributed by atoms with van der Waals surface area (Å²) in [6.45, 7) is 2.92. The number of carbonyl (C=O) groups is 3. The molecule has 2 amide bonds. The molecule has 4 rings (SSSR count). The predicted octanol–water partition coefficient (Wildman–Crippen LogP) is 4.41. The summed E-state index contributed by atoms with van der Waals surface area (Å²) in [7, 11) is 0. The average molecular weight is 524 g/mol. The first kappa shape index (κ1) is 22.3. The van der Waals surface area contributed by atoms with Crippen molar-refractivity contribution in [2.45, 2.75) is 40.8 Å². The molecule has 2 saturated carbocycles. The van der Waals surface area contributed by atoms with Crippen LogP contribution in [-0.2, 0) is 19.1 Å². The van der Waals surface area contributed by atoms with Gasteiger partial charge in [0.15, 0.2) is 4.33 Å². The van der Waals surface area contributed by atoms with E-state index in [2.05, 4.69) is 0 Å². The highest BCUT2D eigenvalue weighted by atomic mass is 35.5. The van der Waals surface area contributed by atoms with Crippen LogP contribution in [0, 0.1) is 23.2 Å². The zero-order valence-electron chi connectivity index (χ0n) is 15.4. The number of imide groups is 1. The molecular formula is C18H17Cl6NO4. The number of halogens is 6. The summed E-state index contributed by atoms with van der Waals surface area (Å²) in [5.74, 6) is -2.67. The van der Waals surface area contributed by atoms with Gasteiger partial charge in [-0.05, 0) is 31.6 Å². The monoisotopic (exact) mass is 521 g/mol. The number of ether oxygens (including phenoxy) is 1. The van der Waals surface area contributed by atoms with Gasteiger partial charge in [0, 0.05) is 6.92 Å². The van der Waals surface area contributed by atoms with Crippen LogP contribution in [0.4, 0.5) is 0 Å². The number of nitrogens with zero attached hydrogens (tertiary/aromatic N) is 1. The molecule has 4 aliphatic rings. The van der Waals surface area contributed by atoms with Crippen LogP contribution in [0.15, 0.2) is 10.1 Å². The molecule has 160 valence electrons. The molecule has 0 unspecified atom stereocenters. The fourth-order valence-corrected chi connectivity index (χ4v) is 8.72. The molecule has 1 heterocycles. The van der Waals surface area contributed by atoms with E-state index in [9.17, 15) is 14.4 Å². The normalized spacial score (nSPS) is 45.0. The number of fused-ring (bicyclic) bond motifs is 6. The van der Waals surface area contributed by atoms with Crippen LogP contribution in [0.5, 0.6) is 0 Å². The largest absolute Gasteiger partial charge is 0.464 e. The number of amides is 2. The Labute approximate surface area is 197 Å². The summed E-state index contributed by atoms with van der Waals surface area (Å²) in [6, 6.07) is 0. The third-order valence-electron chi connectivity index (χ3n) is 7.07. The third kappa shape index (κ3) is 2.41. The predicted molar refractivity (Wildman–Crippen MR) is 112 cm³/mol. The van der Waals surface area contributed by atoms with Crippen LogP contribution >= 0.6 is 69.6 Å². The van der Waals surface area contributed by atoms with E-state index in [1.54, 1.807) is 6.92 Å². The van der Waals surface area contributed by atoms with Crippen LogP contribution in [0.1, 0.15) is 26.7 Å². The smallest absolute Gasteiger partial charge is 0.302 e. The van der Waals surface area contributed by atoms with Gasteiger partial charge >= 0.3 is 5.97 Å². The molecule has 1 saturated heterocycles. The summed E-state index contributed by atoms with van der Waals surface area (Å²) in [6.07, 6.45) is 0.478. The molecule has 3 aliphatic carbocycles. The first-order chi connectivity index (χ1) is 13.3. The standard InChI is InChI=1S/C18H17Cl6NO4/c1-7(26)29-4-3-25-13(27)9-5-8-10(6-15(9,2)14(25)28)17(22)12(20)11(19)16(8,21)18(17,23)24/h8-10H,3-6H2,1-2H3/t8-,9-,10+,15-,16+,17-/m0/s1. The lowest BCUT2D eigenvalue weighted by molar-refractivity contribution is -0.147. The van der Waals surface area contributed by atoms with E-state index in [0.717, 1.165) is 4.90 Å². The number of carbonyl (C=O) groups excluding carboxylic acids is 3. The van der Waals surface area contributed by atoms with Gasteiger partial charge < -0.3 is 4.74 Å². The van der Waals surface area contributed by atoms with Crippen molar-refractivity contribution in [1.82, 2.24) is 4.90 Å². The number of likely N-dealkylation sites (tertiary alicyclic amines) is 1. The van der Waals surface area contributed by atoms with Gasteiger partial charge in [0.05, 0.1) is 27.9 Å². The van der Waals surface area contributed by atoms with Gasteiger partial charge in [0.25, 0.3) is 0 Å². The molecule has 0 N–H and O–H groups in total. The Kier molecular flexibility index (Phi) is 5.04. The number of esters is 1. The van der Waals surface area contributed by atoms with Crippen molar-refractivity contribution in [3.63, 3.8) is 0 Å². The molecule has 0 aromatic rings. The fraction of sp³-hybridized carbons (Fsp3) is 0.722. The van der Waals surface area contributed by atoms with Gasteiger partial charge in [-0.25, -0.2) is 0 Å². The zero-order valence-corrected chi connectivity index (χ0v) is 19.9. The van der Waals surface area contributed by atoms with E-state index < -0.39 is 43.2 Å². The van der Waals surface area contributed by atoms with E-state index in [-0.39, 0.29) is 47.9 Å². The van der Waals surface area contributed by atoms with Crippen molar-refractivity contribution in [3.8, 4) is 0 Å². The minimum atomic E-state index is -1.69. The van der Waals surface area contributed by atoms with E-state index >= 15 is 0 Å². The lowest BCUT2D eigenvalue weighted by Gasteiger charge is -2.46. The molecule has 0 spiro atoms.